The Morgan fingerprint density at radius 3 is 2.59 bits per heavy atom. The molecule has 0 saturated heterocycles. The van der Waals surface area contributed by atoms with Crippen LogP contribution in [-0.4, -0.2) is 20.7 Å². The van der Waals surface area contributed by atoms with Crippen LogP contribution in [0.2, 0.25) is 0 Å². The second kappa shape index (κ2) is 7.60. The second-order valence-electron chi connectivity index (χ2n) is 6.98. The van der Waals surface area contributed by atoms with E-state index >= 15 is 0 Å². The third-order valence-electron chi connectivity index (χ3n) is 4.66. The molecule has 0 aliphatic heterocycles. The number of aromatic nitrogens is 3. The highest BCUT2D eigenvalue weighted by Crippen LogP contribution is 2.33. The van der Waals surface area contributed by atoms with Crippen LogP contribution >= 0.6 is 11.3 Å². The molecule has 4 rings (SSSR count). The molecule has 0 atom stereocenters. The van der Waals surface area contributed by atoms with Crippen molar-refractivity contribution in [2.45, 2.75) is 20.4 Å². The number of aryl methyl sites for hydroxylation is 3. The maximum atomic E-state index is 13.4. The molecule has 0 N–H and O–H groups in total. The van der Waals surface area contributed by atoms with Crippen LogP contribution in [-0.2, 0) is 13.6 Å². The van der Waals surface area contributed by atoms with Gasteiger partial charge in [-0.2, -0.15) is 5.10 Å². The molecule has 29 heavy (non-hydrogen) atoms. The summed E-state index contributed by atoms with van der Waals surface area (Å²) in [6.45, 7) is 4.44. The van der Waals surface area contributed by atoms with E-state index in [9.17, 15) is 9.59 Å². The fraction of sp³-hybridized carbons (Fsp3) is 0.182. The van der Waals surface area contributed by atoms with E-state index in [0.29, 0.717) is 11.7 Å². The Kier molecular flexibility index (Phi) is 4.98. The molecule has 6 nitrogen and oxygen atoms in total. The molecule has 0 fully saturated rings. The second-order valence-corrected chi connectivity index (χ2v) is 7.99. The lowest BCUT2D eigenvalue weighted by Crippen LogP contribution is -2.33. The van der Waals surface area contributed by atoms with Gasteiger partial charge in [-0.25, -0.2) is 9.67 Å². The molecule has 0 bridgehead atoms. The van der Waals surface area contributed by atoms with Crippen LogP contribution < -0.4 is 10.5 Å². The topological polar surface area (TPSA) is 68.1 Å². The Morgan fingerprint density at radius 2 is 1.86 bits per heavy atom. The third kappa shape index (κ3) is 3.82. The van der Waals surface area contributed by atoms with Crippen molar-refractivity contribution < 1.29 is 4.79 Å². The van der Waals surface area contributed by atoms with Gasteiger partial charge in [0.15, 0.2) is 5.13 Å². The van der Waals surface area contributed by atoms with Crippen molar-refractivity contribution in [1.29, 1.82) is 0 Å². The van der Waals surface area contributed by atoms with E-state index in [1.165, 1.54) is 35.2 Å². The summed E-state index contributed by atoms with van der Waals surface area (Å²) in [5.74, 6) is -0.294. The lowest BCUT2D eigenvalue weighted by Gasteiger charge is -2.19. The van der Waals surface area contributed by atoms with E-state index < -0.39 is 0 Å². The first-order valence-electron chi connectivity index (χ1n) is 9.20. The molecule has 2 aromatic heterocycles. The molecule has 1 amide bonds. The van der Waals surface area contributed by atoms with Crippen LogP contribution in [0.5, 0.6) is 0 Å². The first kappa shape index (κ1) is 19.0. The van der Waals surface area contributed by atoms with Gasteiger partial charge in [0, 0.05) is 13.1 Å². The smallest absolute Gasteiger partial charge is 0.278 e. The van der Waals surface area contributed by atoms with Crippen LogP contribution in [0.25, 0.3) is 10.2 Å². The third-order valence-corrected chi connectivity index (χ3v) is 5.68. The summed E-state index contributed by atoms with van der Waals surface area (Å²) in [5, 5.41) is 4.75. The lowest BCUT2D eigenvalue weighted by molar-refractivity contribution is 0.0978. The molecular formula is C22H20N4O2S. The van der Waals surface area contributed by atoms with Crippen molar-refractivity contribution in [3.8, 4) is 0 Å². The molecule has 0 spiro atoms. The van der Waals surface area contributed by atoms with Crippen LogP contribution in [0.4, 0.5) is 5.13 Å². The van der Waals surface area contributed by atoms with Crippen LogP contribution in [0.1, 0.15) is 27.2 Å². The maximum Gasteiger partial charge on any atom is 0.280 e. The Labute approximate surface area is 172 Å². The van der Waals surface area contributed by atoms with Crippen LogP contribution in [0.3, 0.4) is 0 Å². The molecule has 0 radical (unpaired) electrons. The maximum absolute atomic E-state index is 13.4. The number of carbonyl (C=O) groups is 1. The predicted octanol–water partition coefficient (Wildman–Crippen LogP) is 3.85. The van der Waals surface area contributed by atoms with Gasteiger partial charge < -0.3 is 0 Å². The largest absolute Gasteiger partial charge is 0.280 e. The van der Waals surface area contributed by atoms with E-state index in [0.717, 1.165) is 26.9 Å². The first-order chi connectivity index (χ1) is 13.9. The molecule has 2 heterocycles. The van der Waals surface area contributed by atoms with Gasteiger partial charge in [0.2, 0.25) is 0 Å². The molecule has 0 saturated carbocycles. The number of carbonyl (C=O) groups excluding carboxylic acids is 1. The normalized spacial score (nSPS) is 11.0. The van der Waals surface area contributed by atoms with E-state index in [4.69, 9.17) is 4.98 Å². The summed E-state index contributed by atoms with van der Waals surface area (Å²) in [4.78, 5) is 31.4. The quantitative estimate of drug-likeness (QED) is 0.518. The summed E-state index contributed by atoms with van der Waals surface area (Å²) in [5.41, 5.74) is 4.06. The molecule has 7 heteroatoms. The molecule has 2 aromatic carbocycles. The Balaban J connectivity index is 1.81. The number of thiazole rings is 1. The minimum absolute atomic E-state index is 0.204. The number of nitrogens with zero attached hydrogens (tertiary/aromatic N) is 4. The highest BCUT2D eigenvalue weighted by Gasteiger charge is 2.23. The molecular weight excluding hydrogens is 384 g/mol. The molecule has 0 aliphatic rings. The zero-order valence-corrected chi connectivity index (χ0v) is 17.2. The molecule has 0 aliphatic carbocycles. The van der Waals surface area contributed by atoms with Gasteiger partial charge in [0.25, 0.3) is 11.5 Å². The van der Waals surface area contributed by atoms with Gasteiger partial charge in [0.1, 0.15) is 5.69 Å². The summed E-state index contributed by atoms with van der Waals surface area (Å²) >= 11 is 1.48. The zero-order chi connectivity index (χ0) is 20.5. The average Bonchev–Trinajstić information content (AvgIpc) is 3.12. The van der Waals surface area contributed by atoms with Crippen molar-refractivity contribution in [3.63, 3.8) is 0 Å². The number of fused-ring (bicyclic) bond motifs is 1. The van der Waals surface area contributed by atoms with Gasteiger partial charge >= 0.3 is 0 Å². The number of anilines is 1. The number of hydrogen-bond donors (Lipinski definition) is 0. The van der Waals surface area contributed by atoms with Gasteiger partial charge in [-0.05, 0) is 42.7 Å². The number of rotatable bonds is 4. The van der Waals surface area contributed by atoms with Crippen molar-refractivity contribution in [3.05, 3.63) is 87.3 Å². The Bertz CT molecular complexity index is 1260. The van der Waals surface area contributed by atoms with Gasteiger partial charge in [-0.1, -0.05) is 47.7 Å². The van der Waals surface area contributed by atoms with Gasteiger partial charge in [-0.15, -0.1) is 0 Å². The zero-order valence-electron chi connectivity index (χ0n) is 16.4. The highest BCUT2D eigenvalue weighted by molar-refractivity contribution is 7.22. The van der Waals surface area contributed by atoms with Crippen molar-refractivity contribution in [1.82, 2.24) is 14.8 Å². The summed E-state index contributed by atoms with van der Waals surface area (Å²) < 4.78 is 2.21. The monoisotopic (exact) mass is 404 g/mol. The number of hydrogen-bond acceptors (Lipinski definition) is 5. The van der Waals surface area contributed by atoms with Crippen molar-refractivity contribution in [2.24, 2.45) is 7.05 Å². The van der Waals surface area contributed by atoms with Crippen LogP contribution in [0, 0.1) is 13.8 Å². The first-order valence-corrected chi connectivity index (χ1v) is 10.0. The summed E-state index contributed by atoms with van der Waals surface area (Å²) in [6.07, 6.45) is 0. The minimum atomic E-state index is -0.294. The van der Waals surface area contributed by atoms with E-state index in [1.54, 1.807) is 4.90 Å². The fourth-order valence-corrected chi connectivity index (χ4v) is 4.36. The van der Waals surface area contributed by atoms with Crippen molar-refractivity contribution in [2.75, 3.05) is 4.90 Å². The minimum Gasteiger partial charge on any atom is -0.278 e. The standard InChI is InChI=1S/C22H20N4O2S/c1-14-11-15(2)20-18(12-14)29-22(23-20)26(13-16-7-5-4-6-8-16)21(28)17-9-10-19(27)25(3)24-17/h4-12H,13H2,1-3H3. The predicted molar refractivity (Wildman–Crippen MR) is 116 cm³/mol. The van der Waals surface area contributed by atoms with E-state index in [1.807, 2.05) is 44.2 Å². The summed E-state index contributed by atoms with van der Waals surface area (Å²) in [7, 11) is 1.53. The molecule has 146 valence electrons. The Morgan fingerprint density at radius 1 is 1.10 bits per heavy atom. The Hall–Kier alpha value is -3.32. The van der Waals surface area contributed by atoms with Crippen molar-refractivity contribution >= 4 is 32.6 Å². The summed E-state index contributed by atoms with van der Waals surface area (Å²) in [6, 6.07) is 16.7. The molecule has 0 unspecified atom stereocenters. The van der Waals surface area contributed by atoms with Gasteiger partial charge in [-0.3, -0.25) is 14.5 Å². The van der Waals surface area contributed by atoms with Gasteiger partial charge in [0.05, 0.1) is 16.8 Å². The fourth-order valence-electron chi connectivity index (χ4n) is 3.22. The van der Waals surface area contributed by atoms with Crippen LogP contribution in [0.15, 0.2) is 59.4 Å². The number of amides is 1. The van der Waals surface area contributed by atoms with E-state index in [-0.39, 0.29) is 17.2 Å². The lowest BCUT2D eigenvalue weighted by atomic mass is 10.1. The molecule has 4 aromatic rings. The highest BCUT2D eigenvalue weighted by atomic mass is 32.1. The SMILES string of the molecule is Cc1cc(C)c2nc(N(Cc3ccccc3)C(=O)c3ccc(=O)n(C)n3)sc2c1. The number of benzene rings is 2. The average molecular weight is 404 g/mol. The van der Waals surface area contributed by atoms with E-state index in [2.05, 4.69) is 17.2 Å².